The fraction of sp³-hybridized carbons (Fsp3) is 0.316. The van der Waals surface area contributed by atoms with Crippen molar-refractivity contribution in [3.8, 4) is 11.6 Å². The summed E-state index contributed by atoms with van der Waals surface area (Å²) in [4.78, 5) is 17.9. The average Bonchev–Trinajstić information content (AvgIpc) is 3.11. The van der Waals surface area contributed by atoms with Gasteiger partial charge in [-0.1, -0.05) is 0 Å². The molecule has 1 unspecified atom stereocenters. The zero-order chi connectivity index (χ0) is 17.9. The summed E-state index contributed by atoms with van der Waals surface area (Å²) in [5.41, 5.74) is 1.46. The molecule has 3 aromatic rings. The van der Waals surface area contributed by atoms with Crippen LogP contribution in [0.15, 0.2) is 42.6 Å². The van der Waals surface area contributed by atoms with Crippen LogP contribution in [0.3, 0.4) is 0 Å². The number of aromatic amines is 1. The number of carbonyl (C=O) groups is 1. The summed E-state index contributed by atoms with van der Waals surface area (Å²) in [5, 5.41) is 8.76. The lowest BCUT2D eigenvalue weighted by Gasteiger charge is -2.32. The molecule has 7 nitrogen and oxygen atoms in total. The molecule has 0 saturated carbocycles. The van der Waals surface area contributed by atoms with Crippen molar-refractivity contribution in [2.75, 3.05) is 20.2 Å². The highest BCUT2D eigenvalue weighted by Gasteiger charge is 2.27. The molecule has 1 aromatic carbocycles. The van der Waals surface area contributed by atoms with Crippen LogP contribution < -0.4 is 9.47 Å². The molecule has 26 heavy (non-hydrogen) atoms. The topological polar surface area (TPSA) is 80.3 Å². The molecule has 0 bridgehead atoms. The average molecular weight is 352 g/mol. The zero-order valence-corrected chi connectivity index (χ0v) is 14.5. The van der Waals surface area contributed by atoms with Crippen molar-refractivity contribution in [3.05, 3.63) is 48.3 Å². The largest absolute Gasteiger partial charge is 0.497 e. The molecule has 134 valence electrons. The number of methoxy groups -OCH3 is 1. The van der Waals surface area contributed by atoms with Gasteiger partial charge in [0.15, 0.2) is 0 Å². The molecule has 2 aromatic heterocycles. The molecule has 0 aliphatic carbocycles. The second-order valence-corrected chi connectivity index (χ2v) is 6.33. The number of rotatable bonds is 4. The molecule has 1 saturated heterocycles. The lowest BCUT2D eigenvalue weighted by molar-refractivity contribution is 0.0521. The number of nitrogens with one attached hydrogen (secondary N) is 1. The summed E-state index contributed by atoms with van der Waals surface area (Å²) in [7, 11) is 1.63. The van der Waals surface area contributed by atoms with Gasteiger partial charge in [0.25, 0.3) is 5.91 Å². The molecule has 0 spiro atoms. The summed E-state index contributed by atoms with van der Waals surface area (Å²) in [6.07, 6.45) is 3.32. The van der Waals surface area contributed by atoms with Crippen molar-refractivity contribution in [1.82, 2.24) is 20.1 Å². The molecule has 1 aliphatic heterocycles. The van der Waals surface area contributed by atoms with Crippen LogP contribution in [0.25, 0.3) is 10.9 Å². The third kappa shape index (κ3) is 3.33. The summed E-state index contributed by atoms with van der Waals surface area (Å²) in [5.74, 6) is 1.23. The van der Waals surface area contributed by atoms with Gasteiger partial charge in [-0.2, -0.15) is 5.10 Å². The lowest BCUT2D eigenvalue weighted by Crippen LogP contribution is -2.44. The molecule has 1 amide bonds. The molecular formula is C19H20N4O3. The minimum atomic E-state index is -0.0751. The molecule has 1 atom stereocenters. The van der Waals surface area contributed by atoms with Crippen molar-refractivity contribution >= 4 is 16.8 Å². The van der Waals surface area contributed by atoms with Crippen molar-refractivity contribution in [2.24, 2.45) is 0 Å². The molecular weight excluding hydrogens is 332 g/mol. The number of H-pyrrole nitrogens is 1. The van der Waals surface area contributed by atoms with E-state index < -0.39 is 0 Å². The van der Waals surface area contributed by atoms with E-state index in [1.54, 1.807) is 25.4 Å². The zero-order valence-electron chi connectivity index (χ0n) is 14.5. The van der Waals surface area contributed by atoms with Gasteiger partial charge >= 0.3 is 0 Å². The van der Waals surface area contributed by atoms with E-state index in [0.717, 1.165) is 36.0 Å². The van der Waals surface area contributed by atoms with E-state index in [2.05, 4.69) is 15.2 Å². The maximum Gasteiger partial charge on any atom is 0.270 e. The van der Waals surface area contributed by atoms with E-state index in [9.17, 15) is 4.79 Å². The number of nitrogens with zero attached hydrogens (tertiary/aromatic N) is 3. The number of piperidine rings is 1. The normalized spacial score (nSPS) is 17.3. The Labute approximate surface area is 150 Å². The van der Waals surface area contributed by atoms with Crippen molar-refractivity contribution < 1.29 is 14.3 Å². The maximum absolute atomic E-state index is 12.9. The number of benzene rings is 1. The summed E-state index contributed by atoms with van der Waals surface area (Å²) in [6.45, 7) is 1.26. The number of likely N-dealkylation sites (tertiary alicyclic amines) is 1. The Morgan fingerprint density at radius 1 is 1.31 bits per heavy atom. The van der Waals surface area contributed by atoms with Crippen LogP contribution in [-0.4, -0.2) is 52.3 Å². The van der Waals surface area contributed by atoms with Gasteiger partial charge in [0.2, 0.25) is 5.88 Å². The van der Waals surface area contributed by atoms with Crippen LogP contribution in [0.2, 0.25) is 0 Å². The monoisotopic (exact) mass is 352 g/mol. The first kappa shape index (κ1) is 16.4. The van der Waals surface area contributed by atoms with Crippen LogP contribution >= 0.6 is 0 Å². The quantitative estimate of drug-likeness (QED) is 0.781. The number of ether oxygens (including phenoxy) is 2. The van der Waals surface area contributed by atoms with Gasteiger partial charge in [-0.25, -0.2) is 0 Å². The molecule has 1 aliphatic rings. The van der Waals surface area contributed by atoms with E-state index >= 15 is 0 Å². The number of hydrogen-bond acceptors (Lipinski definition) is 5. The van der Waals surface area contributed by atoms with Gasteiger partial charge in [0.1, 0.15) is 17.5 Å². The number of aromatic nitrogens is 3. The third-order valence-electron chi connectivity index (χ3n) is 4.56. The Morgan fingerprint density at radius 2 is 2.23 bits per heavy atom. The Morgan fingerprint density at radius 3 is 3.04 bits per heavy atom. The van der Waals surface area contributed by atoms with E-state index in [-0.39, 0.29) is 12.0 Å². The van der Waals surface area contributed by atoms with Gasteiger partial charge in [0.05, 0.1) is 13.7 Å². The van der Waals surface area contributed by atoms with E-state index in [1.165, 1.54) is 0 Å². The van der Waals surface area contributed by atoms with Gasteiger partial charge in [-0.15, -0.1) is 5.10 Å². The second-order valence-electron chi connectivity index (χ2n) is 6.33. The summed E-state index contributed by atoms with van der Waals surface area (Å²) >= 11 is 0. The van der Waals surface area contributed by atoms with Gasteiger partial charge in [-0.05, 0) is 37.1 Å². The van der Waals surface area contributed by atoms with E-state index in [4.69, 9.17) is 9.47 Å². The predicted molar refractivity (Wildman–Crippen MR) is 96.4 cm³/mol. The van der Waals surface area contributed by atoms with Crippen LogP contribution in [0.5, 0.6) is 11.6 Å². The smallest absolute Gasteiger partial charge is 0.270 e. The lowest BCUT2D eigenvalue weighted by atomic mass is 10.1. The molecule has 3 heterocycles. The highest BCUT2D eigenvalue weighted by molar-refractivity contribution is 5.98. The minimum absolute atomic E-state index is 0.0207. The molecule has 0 radical (unpaired) electrons. The Hall–Kier alpha value is -3.09. The first-order valence-electron chi connectivity index (χ1n) is 8.63. The highest BCUT2D eigenvalue weighted by Crippen LogP contribution is 2.23. The van der Waals surface area contributed by atoms with Crippen LogP contribution in [0.1, 0.15) is 23.3 Å². The highest BCUT2D eigenvalue weighted by atomic mass is 16.5. The number of hydrogen-bond donors (Lipinski definition) is 1. The molecule has 7 heteroatoms. The summed E-state index contributed by atoms with van der Waals surface area (Å²) in [6, 6.07) is 11.2. The first-order valence-corrected chi connectivity index (χ1v) is 8.63. The molecule has 1 fully saturated rings. The second kappa shape index (κ2) is 7.03. The molecule has 4 rings (SSSR count). The standard InChI is InChI=1S/C19H20N4O3/c1-25-14-7-6-13-10-17(21-16(13)11-14)19(24)23-9-3-4-15(12-23)26-18-5-2-8-20-22-18/h2,5-8,10-11,15,21H,3-4,9,12H2,1H3. The number of carbonyl (C=O) groups excluding carboxylic acids is 1. The maximum atomic E-state index is 12.9. The fourth-order valence-corrected chi connectivity index (χ4v) is 3.26. The van der Waals surface area contributed by atoms with Crippen molar-refractivity contribution in [3.63, 3.8) is 0 Å². The van der Waals surface area contributed by atoms with Crippen LogP contribution in [0, 0.1) is 0 Å². The fourth-order valence-electron chi connectivity index (χ4n) is 3.26. The van der Waals surface area contributed by atoms with Crippen LogP contribution in [-0.2, 0) is 0 Å². The summed E-state index contributed by atoms with van der Waals surface area (Å²) < 4.78 is 11.1. The SMILES string of the molecule is COc1ccc2cc(C(=O)N3CCCC(Oc4cccnn4)C3)[nH]c2c1. The van der Waals surface area contributed by atoms with Crippen molar-refractivity contribution in [1.29, 1.82) is 0 Å². The van der Waals surface area contributed by atoms with Crippen LogP contribution in [0.4, 0.5) is 0 Å². The third-order valence-corrected chi connectivity index (χ3v) is 4.56. The first-order chi connectivity index (χ1) is 12.7. The van der Waals surface area contributed by atoms with Gasteiger partial charge < -0.3 is 19.4 Å². The van der Waals surface area contributed by atoms with E-state index in [0.29, 0.717) is 18.1 Å². The number of fused-ring (bicyclic) bond motifs is 1. The van der Waals surface area contributed by atoms with Gasteiger partial charge in [-0.3, -0.25) is 4.79 Å². The Bertz CT molecular complexity index is 910. The molecule has 1 N–H and O–H groups in total. The minimum Gasteiger partial charge on any atom is -0.497 e. The number of amides is 1. The van der Waals surface area contributed by atoms with Crippen molar-refractivity contribution in [2.45, 2.75) is 18.9 Å². The van der Waals surface area contributed by atoms with E-state index in [1.807, 2.05) is 29.2 Å². The predicted octanol–water partition coefficient (Wildman–Crippen LogP) is 2.65. The Kier molecular flexibility index (Phi) is 4.43. The van der Waals surface area contributed by atoms with Gasteiger partial charge in [0, 0.05) is 35.8 Å². The Balaban J connectivity index is 1.48.